The molecule has 37 heavy (non-hydrogen) atoms. The summed E-state index contributed by atoms with van der Waals surface area (Å²) in [5.74, 6) is 0. The largest absolute Gasteiger partial charge is 2.00 e. The molecule has 0 unspecified atom stereocenters. The summed E-state index contributed by atoms with van der Waals surface area (Å²) in [5, 5.41) is 3.68. The maximum Gasteiger partial charge on any atom is 2.00 e. The number of hydrogen-bond acceptors (Lipinski definition) is 6. The zero-order valence-electron chi connectivity index (χ0n) is 21.6. The Balaban J connectivity index is 0.000000253. The van der Waals surface area contributed by atoms with Crippen molar-refractivity contribution in [3.05, 3.63) is 82.9 Å². The van der Waals surface area contributed by atoms with Crippen molar-refractivity contribution in [1.82, 2.24) is 0 Å². The average molecular weight is 567 g/mol. The second-order valence-corrected chi connectivity index (χ2v) is 11.4. The van der Waals surface area contributed by atoms with Gasteiger partial charge in [0.15, 0.2) is 0 Å². The smallest absolute Gasteiger partial charge is 0.744 e. The molecule has 0 aliphatic rings. The number of fused-ring (bicyclic) bond motifs is 2. The summed E-state index contributed by atoms with van der Waals surface area (Å²) in [6, 6.07) is 17.3. The van der Waals surface area contributed by atoms with E-state index in [2.05, 4.69) is 39.8 Å². The Bertz CT molecular complexity index is 1500. The van der Waals surface area contributed by atoms with Crippen molar-refractivity contribution < 1.29 is 25.9 Å². The molecule has 4 rings (SSSR count). The van der Waals surface area contributed by atoms with Crippen LogP contribution in [0.4, 0.5) is 0 Å². The molecular formula is C28H30CaO6S2. The SMILES string of the molecule is CCc1cc(CC)c2ccc(S(=O)(=O)[O-])cc2c1.CCc1cc(CC)c2ccc(S(=O)(=O)[O-])cc2c1.[Ca+2]. The van der Waals surface area contributed by atoms with Crippen molar-refractivity contribution in [2.24, 2.45) is 0 Å². The summed E-state index contributed by atoms with van der Waals surface area (Å²) < 4.78 is 66.2. The summed E-state index contributed by atoms with van der Waals surface area (Å²) in [4.78, 5) is -0.324. The fourth-order valence-electron chi connectivity index (χ4n) is 4.30. The van der Waals surface area contributed by atoms with E-state index < -0.39 is 20.2 Å². The van der Waals surface area contributed by atoms with Gasteiger partial charge in [0, 0.05) is 0 Å². The number of benzene rings is 4. The van der Waals surface area contributed by atoms with Crippen LogP contribution in [0.1, 0.15) is 49.9 Å². The maximum atomic E-state index is 11.0. The summed E-state index contributed by atoms with van der Waals surface area (Å²) >= 11 is 0. The first-order valence-corrected chi connectivity index (χ1v) is 14.8. The third-order valence-corrected chi connectivity index (χ3v) is 7.96. The number of rotatable bonds is 6. The standard InChI is InChI=1S/2C14H16O3S.Ca/c2*1-3-10-7-11(4-2)14-6-5-13(18(15,16)17)9-12(14)8-10;/h2*5-9H,3-4H2,1-2H3,(H,15,16,17);/q;;+2/p-2. The normalized spacial score (nSPS) is 11.6. The van der Waals surface area contributed by atoms with Crippen LogP contribution < -0.4 is 0 Å². The minimum atomic E-state index is -4.38. The van der Waals surface area contributed by atoms with Crippen LogP contribution in [0.5, 0.6) is 0 Å². The van der Waals surface area contributed by atoms with Gasteiger partial charge in [-0.1, -0.05) is 64.1 Å². The Morgan fingerprint density at radius 2 is 0.892 bits per heavy atom. The molecule has 9 heteroatoms. The van der Waals surface area contributed by atoms with E-state index in [-0.39, 0.29) is 47.5 Å². The molecule has 0 heterocycles. The van der Waals surface area contributed by atoms with Crippen molar-refractivity contribution >= 4 is 79.5 Å². The van der Waals surface area contributed by atoms with Crippen LogP contribution in [-0.4, -0.2) is 63.7 Å². The van der Waals surface area contributed by atoms with Crippen LogP contribution in [0.25, 0.3) is 21.5 Å². The van der Waals surface area contributed by atoms with Crippen molar-refractivity contribution in [2.75, 3.05) is 0 Å². The Morgan fingerprint density at radius 1 is 0.541 bits per heavy atom. The Kier molecular flexibility index (Phi) is 11.2. The van der Waals surface area contributed by atoms with Crippen molar-refractivity contribution in [3.63, 3.8) is 0 Å². The second kappa shape index (κ2) is 13.0. The molecule has 0 saturated carbocycles. The third kappa shape index (κ3) is 7.76. The molecular weight excluding hydrogens is 537 g/mol. The van der Waals surface area contributed by atoms with Crippen molar-refractivity contribution in [1.29, 1.82) is 0 Å². The van der Waals surface area contributed by atoms with Gasteiger partial charge in [0.2, 0.25) is 0 Å². The van der Waals surface area contributed by atoms with Gasteiger partial charge < -0.3 is 9.11 Å². The van der Waals surface area contributed by atoms with E-state index in [0.29, 0.717) is 0 Å². The number of hydrogen-bond donors (Lipinski definition) is 0. The minimum absolute atomic E-state index is 0. The molecule has 192 valence electrons. The quantitative estimate of drug-likeness (QED) is 0.229. The monoisotopic (exact) mass is 566 g/mol. The molecule has 4 aromatic carbocycles. The molecule has 0 aliphatic heterocycles. The molecule has 0 aromatic heterocycles. The van der Waals surface area contributed by atoms with Gasteiger partial charge in [0.05, 0.1) is 9.79 Å². The fraction of sp³-hybridized carbons (Fsp3) is 0.286. The summed E-state index contributed by atoms with van der Waals surface area (Å²) in [7, 11) is -8.77. The second-order valence-electron chi connectivity index (χ2n) is 8.60. The van der Waals surface area contributed by atoms with Crippen molar-refractivity contribution in [2.45, 2.75) is 63.2 Å². The maximum absolute atomic E-state index is 11.0. The van der Waals surface area contributed by atoms with Crippen LogP contribution >= 0.6 is 0 Å². The molecule has 0 atom stereocenters. The predicted molar refractivity (Wildman–Crippen MR) is 147 cm³/mol. The van der Waals surface area contributed by atoms with Crippen LogP contribution in [-0.2, 0) is 45.9 Å². The van der Waals surface area contributed by atoms with Crippen LogP contribution in [0.2, 0.25) is 0 Å². The zero-order chi connectivity index (χ0) is 26.7. The van der Waals surface area contributed by atoms with Gasteiger partial charge in [-0.2, -0.15) is 0 Å². The Labute approximate surface area is 249 Å². The van der Waals surface area contributed by atoms with Gasteiger partial charge in [-0.3, -0.25) is 0 Å². The van der Waals surface area contributed by atoms with Gasteiger partial charge in [-0.15, -0.1) is 0 Å². The predicted octanol–water partition coefficient (Wildman–Crippen LogP) is 5.36. The van der Waals surface area contributed by atoms with Crippen molar-refractivity contribution in [3.8, 4) is 0 Å². The van der Waals surface area contributed by atoms with Crippen LogP contribution in [0.3, 0.4) is 0 Å². The van der Waals surface area contributed by atoms with E-state index in [9.17, 15) is 25.9 Å². The van der Waals surface area contributed by atoms with E-state index in [1.165, 1.54) is 35.4 Å². The zero-order valence-corrected chi connectivity index (χ0v) is 25.4. The average Bonchev–Trinajstić information content (AvgIpc) is 2.85. The molecule has 0 saturated heterocycles. The Hall–Kier alpha value is -1.52. The molecule has 0 N–H and O–H groups in total. The Morgan fingerprint density at radius 3 is 1.16 bits per heavy atom. The van der Waals surface area contributed by atoms with E-state index >= 15 is 0 Å². The van der Waals surface area contributed by atoms with E-state index in [4.69, 9.17) is 0 Å². The van der Waals surface area contributed by atoms with Gasteiger partial charge >= 0.3 is 37.7 Å². The van der Waals surface area contributed by atoms with Gasteiger partial charge in [-0.05, 0) is 93.7 Å². The summed E-state index contributed by atoms with van der Waals surface area (Å²) in [6.45, 7) is 8.22. The molecule has 4 aromatic rings. The van der Waals surface area contributed by atoms with Gasteiger partial charge in [0.1, 0.15) is 20.2 Å². The third-order valence-electron chi connectivity index (χ3n) is 6.29. The molecule has 0 spiro atoms. The summed E-state index contributed by atoms with van der Waals surface area (Å²) in [6.07, 6.45) is 3.54. The molecule has 0 fully saturated rings. The molecule has 0 amide bonds. The molecule has 0 aliphatic carbocycles. The first-order valence-electron chi connectivity index (χ1n) is 11.9. The van der Waals surface area contributed by atoms with E-state index in [1.807, 2.05) is 12.1 Å². The molecule has 0 radical (unpaired) electrons. The molecule has 0 bridgehead atoms. The summed E-state index contributed by atoms with van der Waals surface area (Å²) in [5.41, 5.74) is 4.66. The molecule has 6 nitrogen and oxygen atoms in total. The van der Waals surface area contributed by atoms with Crippen LogP contribution in [0, 0.1) is 0 Å². The van der Waals surface area contributed by atoms with Gasteiger partial charge in [0.25, 0.3) is 0 Å². The van der Waals surface area contributed by atoms with E-state index in [1.54, 1.807) is 12.1 Å². The minimum Gasteiger partial charge on any atom is -0.744 e. The first-order chi connectivity index (χ1) is 16.9. The first kappa shape index (κ1) is 31.7. The van der Waals surface area contributed by atoms with Gasteiger partial charge in [-0.25, -0.2) is 16.8 Å². The van der Waals surface area contributed by atoms with E-state index in [0.717, 1.165) is 58.4 Å². The van der Waals surface area contributed by atoms with Crippen LogP contribution in [0.15, 0.2) is 70.5 Å². The number of aryl methyl sites for hydroxylation is 4. The fourth-order valence-corrected chi connectivity index (χ4v) is 5.31. The topological polar surface area (TPSA) is 114 Å².